The Morgan fingerprint density at radius 1 is 0.277 bits per heavy atom. The first-order valence-electron chi connectivity index (χ1n) is 30.1. The summed E-state index contributed by atoms with van der Waals surface area (Å²) in [4.78, 5) is 12.6. The second-order valence-electron chi connectivity index (χ2n) is 21.0. The molecule has 5 nitrogen and oxygen atoms in total. The van der Waals surface area contributed by atoms with Gasteiger partial charge in [-0.1, -0.05) is 310 Å². The van der Waals surface area contributed by atoms with Gasteiger partial charge in [0.05, 0.1) is 19.8 Å². The predicted molar refractivity (Wildman–Crippen MR) is 288 cm³/mol. The maximum absolute atomic E-state index is 12.6. The lowest BCUT2D eigenvalue weighted by atomic mass is 10.0. The molecule has 0 radical (unpaired) electrons. The summed E-state index contributed by atoms with van der Waals surface area (Å²) in [6.45, 7) is 12.1. The highest BCUT2D eigenvalue weighted by atomic mass is 16.5. The molecule has 0 aliphatic rings. The standard InChI is InChI=1S/C60H121NO4/c1-5-8-11-14-17-20-23-26-29-32-35-38-41-44-47-50-53-63-56-60(61-59(4)62,57-64-54-51-48-45-42-39-36-33-30-27-24-21-18-15-12-9-6-2)58-65-55-52-49-46-43-40-37-34-31-28-25-22-19-16-13-10-7-3/h5-58H2,1-4H3,(H,61,62). The number of amides is 1. The summed E-state index contributed by atoms with van der Waals surface area (Å²) in [7, 11) is 0. The lowest BCUT2D eigenvalue weighted by Gasteiger charge is -2.34. The molecule has 0 unspecified atom stereocenters. The zero-order chi connectivity index (χ0) is 47.1. The zero-order valence-corrected chi connectivity index (χ0v) is 45.3. The van der Waals surface area contributed by atoms with Crippen LogP contribution in [0.1, 0.15) is 336 Å². The second-order valence-corrected chi connectivity index (χ2v) is 21.0. The van der Waals surface area contributed by atoms with Gasteiger partial charge in [0.25, 0.3) is 0 Å². The number of hydrogen-bond donors (Lipinski definition) is 1. The quantitative estimate of drug-likeness (QED) is 0.0618. The summed E-state index contributed by atoms with van der Waals surface area (Å²) in [5.41, 5.74) is -0.634. The smallest absolute Gasteiger partial charge is 0.217 e. The van der Waals surface area contributed by atoms with Crippen molar-refractivity contribution in [3.63, 3.8) is 0 Å². The van der Waals surface area contributed by atoms with Crippen LogP contribution in [0.15, 0.2) is 0 Å². The van der Waals surface area contributed by atoms with Crippen molar-refractivity contribution in [2.24, 2.45) is 0 Å². The van der Waals surface area contributed by atoms with Crippen LogP contribution in [-0.2, 0) is 19.0 Å². The Labute approximate surface area is 409 Å². The molecule has 0 bridgehead atoms. The van der Waals surface area contributed by atoms with E-state index in [9.17, 15) is 4.79 Å². The minimum atomic E-state index is -0.634. The number of unbranched alkanes of at least 4 members (excludes halogenated alkanes) is 45. The molecule has 0 aromatic heterocycles. The molecule has 0 aliphatic heterocycles. The van der Waals surface area contributed by atoms with Gasteiger partial charge in [0.1, 0.15) is 5.54 Å². The van der Waals surface area contributed by atoms with Gasteiger partial charge in [-0.25, -0.2) is 0 Å². The molecule has 0 spiro atoms. The summed E-state index contributed by atoms with van der Waals surface area (Å²) in [6, 6.07) is 0. The van der Waals surface area contributed by atoms with E-state index in [1.54, 1.807) is 6.92 Å². The number of carbonyl (C=O) groups excluding carboxylic acids is 1. The van der Waals surface area contributed by atoms with E-state index in [-0.39, 0.29) is 5.91 Å². The molecule has 0 fully saturated rings. The fraction of sp³-hybridized carbons (Fsp3) is 0.983. The maximum atomic E-state index is 12.6. The monoisotopic (exact) mass is 920 g/mol. The largest absolute Gasteiger partial charge is 0.379 e. The molecule has 0 saturated heterocycles. The van der Waals surface area contributed by atoms with Gasteiger partial charge in [0.2, 0.25) is 5.91 Å². The van der Waals surface area contributed by atoms with Crippen LogP contribution in [0.4, 0.5) is 0 Å². The summed E-state index contributed by atoms with van der Waals surface area (Å²) < 4.78 is 19.0. The second kappa shape index (κ2) is 55.9. The molecule has 0 saturated carbocycles. The van der Waals surface area contributed by atoms with Crippen molar-refractivity contribution >= 4 is 5.91 Å². The third-order valence-electron chi connectivity index (χ3n) is 14.0. The van der Waals surface area contributed by atoms with Gasteiger partial charge in [-0.3, -0.25) is 4.79 Å². The fourth-order valence-corrected chi connectivity index (χ4v) is 9.67. The van der Waals surface area contributed by atoms with Gasteiger partial charge in [0.15, 0.2) is 0 Å². The average Bonchev–Trinajstić information content (AvgIpc) is 3.30. The van der Waals surface area contributed by atoms with E-state index in [4.69, 9.17) is 14.2 Å². The molecule has 0 aliphatic carbocycles. The highest BCUT2D eigenvalue weighted by Crippen LogP contribution is 2.18. The van der Waals surface area contributed by atoms with Crippen molar-refractivity contribution in [1.82, 2.24) is 5.32 Å². The SMILES string of the molecule is CCCCCCCCCCCCCCCCCCOCC(COCCCCCCCCCCCCCCCCCC)(COCCCCCCCCCCCCCCCCCC)NC(C)=O. The minimum absolute atomic E-state index is 0.0342. The highest BCUT2D eigenvalue weighted by Gasteiger charge is 2.32. The van der Waals surface area contributed by atoms with Crippen LogP contribution in [0.25, 0.3) is 0 Å². The Balaban J connectivity index is 4.39. The van der Waals surface area contributed by atoms with Crippen LogP contribution < -0.4 is 5.32 Å². The molecule has 1 N–H and O–H groups in total. The molecule has 1 amide bonds. The Kier molecular flexibility index (Phi) is 55.4. The van der Waals surface area contributed by atoms with E-state index in [1.807, 2.05) is 0 Å². The Hall–Kier alpha value is -0.650. The Morgan fingerprint density at radius 2 is 0.431 bits per heavy atom. The summed E-state index contributed by atoms with van der Waals surface area (Å²) in [5, 5.41) is 3.25. The molecular formula is C60H121NO4. The topological polar surface area (TPSA) is 56.8 Å². The van der Waals surface area contributed by atoms with Crippen LogP contribution in [0, 0.1) is 0 Å². The molecule has 0 atom stereocenters. The maximum Gasteiger partial charge on any atom is 0.217 e. The first-order valence-corrected chi connectivity index (χ1v) is 30.1. The first kappa shape index (κ1) is 64.3. The number of carbonyl (C=O) groups is 1. The van der Waals surface area contributed by atoms with Gasteiger partial charge < -0.3 is 19.5 Å². The van der Waals surface area contributed by atoms with Crippen molar-refractivity contribution in [2.45, 2.75) is 341 Å². The number of hydrogen-bond acceptors (Lipinski definition) is 4. The van der Waals surface area contributed by atoms with Crippen LogP contribution >= 0.6 is 0 Å². The van der Waals surface area contributed by atoms with Crippen LogP contribution in [0.5, 0.6) is 0 Å². The van der Waals surface area contributed by atoms with Gasteiger partial charge >= 0.3 is 0 Å². The van der Waals surface area contributed by atoms with Crippen molar-refractivity contribution < 1.29 is 19.0 Å². The molecular weight excluding hydrogens is 799 g/mol. The van der Waals surface area contributed by atoms with Crippen LogP contribution in [-0.4, -0.2) is 51.1 Å². The number of rotatable bonds is 58. The minimum Gasteiger partial charge on any atom is -0.379 e. The van der Waals surface area contributed by atoms with Gasteiger partial charge in [0, 0.05) is 26.7 Å². The molecule has 390 valence electrons. The van der Waals surface area contributed by atoms with E-state index in [1.165, 1.54) is 289 Å². The van der Waals surface area contributed by atoms with E-state index in [2.05, 4.69) is 26.1 Å². The third kappa shape index (κ3) is 52.6. The van der Waals surface area contributed by atoms with Gasteiger partial charge in [-0.15, -0.1) is 0 Å². The normalized spacial score (nSPS) is 11.9. The van der Waals surface area contributed by atoms with E-state index >= 15 is 0 Å². The molecule has 0 aromatic carbocycles. The summed E-state index contributed by atoms with van der Waals surface area (Å²) >= 11 is 0. The molecule has 0 rings (SSSR count). The summed E-state index contributed by atoms with van der Waals surface area (Å²) in [6.07, 6.45) is 65.8. The molecule has 5 heteroatoms. The van der Waals surface area contributed by atoms with Crippen LogP contribution in [0.3, 0.4) is 0 Å². The fourth-order valence-electron chi connectivity index (χ4n) is 9.67. The van der Waals surface area contributed by atoms with Crippen molar-refractivity contribution in [2.75, 3.05) is 39.6 Å². The van der Waals surface area contributed by atoms with Crippen molar-refractivity contribution in [3.05, 3.63) is 0 Å². The average molecular weight is 921 g/mol. The molecule has 0 heterocycles. The number of ether oxygens (including phenoxy) is 3. The molecule has 0 aromatic rings. The van der Waals surface area contributed by atoms with E-state index in [0.717, 1.165) is 39.1 Å². The number of nitrogens with one attached hydrogen (secondary N) is 1. The first-order chi connectivity index (χ1) is 32.1. The van der Waals surface area contributed by atoms with E-state index < -0.39 is 5.54 Å². The van der Waals surface area contributed by atoms with E-state index in [0.29, 0.717) is 19.8 Å². The zero-order valence-electron chi connectivity index (χ0n) is 45.3. The highest BCUT2D eigenvalue weighted by molar-refractivity contribution is 5.73. The summed E-state index contributed by atoms with van der Waals surface area (Å²) in [5.74, 6) is -0.0342. The molecule has 65 heavy (non-hydrogen) atoms. The third-order valence-corrected chi connectivity index (χ3v) is 14.0. The lowest BCUT2D eigenvalue weighted by molar-refractivity contribution is -0.125. The van der Waals surface area contributed by atoms with Gasteiger partial charge in [-0.2, -0.15) is 0 Å². The Bertz CT molecular complexity index is 783. The van der Waals surface area contributed by atoms with Crippen molar-refractivity contribution in [1.29, 1.82) is 0 Å². The van der Waals surface area contributed by atoms with Gasteiger partial charge in [-0.05, 0) is 19.3 Å². The Morgan fingerprint density at radius 3 is 0.585 bits per heavy atom. The van der Waals surface area contributed by atoms with Crippen LogP contribution in [0.2, 0.25) is 0 Å². The predicted octanol–water partition coefficient (Wildman–Crippen LogP) is 19.7. The lowest BCUT2D eigenvalue weighted by Crippen LogP contribution is -2.58. The van der Waals surface area contributed by atoms with Crippen molar-refractivity contribution in [3.8, 4) is 0 Å².